The van der Waals surface area contributed by atoms with E-state index in [1.54, 1.807) is 12.1 Å². The molecule has 7 aliphatic rings. The molecule has 7 aliphatic heterocycles. The summed E-state index contributed by atoms with van der Waals surface area (Å²) in [5, 5.41) is 38.2. The van der Waals surface area contributed by atoms with Crippen molar-refractivity contribution in [1.82, 2.24) is 15.1 Å². The van der Waals surface area contributed by atoms with Gasteiger partial charge in [0.05, 0.1) is 37.6 Å². The van der Waals surface area contributed by atoms with Gasteiger partial charge in [-0.15, -0.1) is 11.8 Å². The lowest BCUT2D eigenvalue weighted by molar-refractivity contribution is -0.186. The van der Waals surface area contributed by atoms with Crippen LogP contribution in [0.1, 0.15) is 68.8 Å². The number of benzene rings is 3. The van der Waals surface area contributed by atoms with Crippen molar-refractivity contribution in [1.29, 1.82) is 0 Å². The second kappa shape index (κ2) is 12.6. The topological polar surface area (TPSA) is 169 Å². The van der Waals surface area contributed by atoms with Crippen LogP contribution in [0.15, 0.2) is 18.2 Å². The van der Waals surface area contributed by atoms with Crippen molar-refractivity contribution in [2.75, 3.05) is 47.0 Å². The van der Waals surface area contributed by atoms with Crippen LogP contribution in [0.25, 0.3) is 0 Å². The fourth-order valence-electron chi connectivity index (χ4n) is 10.00. The van der Waals surface area contributed by atoms with Crippen molar-refractivity contribution in [3.05, 3.63) is 62.7 Å². The van der Waals surface area contributed by atoms with E-state index in [4.69, 9.17) is 28.4 Å². The molecule has 0 aromatic heterocycles. The minimum absolute atomic E-state index is 0.0226. The van der Waals surface area contributed by atoms with Crippen molar-refractivity contribution in [2.45, 2.75) is 74.8 Å². The number of esters is 2. The van der Waals surface area contributed by atoms with Crippen molar-refractivity contribution in [3.8, 4) is 40.2 Å². The third-order valence-corrected chi connectivity index (χ3v) is 13.7. The van der Waals surface area contributed by atoms with Crippen LogP contribution in [0.4, 0.5) is 0 Å². The highest BCUT2D eigenvalue weighted by Gasteiger charge is 2.61. The Hall–Kier alpha value is -4.41. The Morgan fingerprint density at radius 3 is 2.54 bits per heavy atom. The molecule has 286 valence electrons. The lowest BCUT2D eigenvalue weighted by Crippen LogP contribution is -2.70. The number of hydrogen-bond acceptors (Lipinski definition) is 15. The molecule has 7 atom stereocenters. The number of carbonyl (C=O) groups excluding carboxylic acids is 2. The normalized spacial score (nSPS) is 29.4. The van der Waals surface area contributed by atoms with E-state index in [-0.39, 0.29) is 42.4 Å². The highest BCUT2D eigenvalue weighted by molar-refractivity contribution is 7.99. The number of ether oxygens (including phenoxy) is 6. The van der Waals surface area contributed by atoms with Gasteiger partial charge in [0.1, 0.15) is 18.6 Å². The Kier molecular flexibility index (Phi) is 8.21. The number of rotatable bonds is 3. The van der Waals surface area contributed by atoms with Gasteiger partial charge in [0, 0.05) is 47.5 Å². The highest BCUT2D eigenvalue weighted by Crippen LogP contribution is 2.64. The fraction of sp³-hybridized carbons (Fsp3) is 0.487. The van der Waals surface area contributed by atoms with Gasteiger partial charge in [-0.05, 0) is 68.1 Å². The van der Waals surface area contributed by atoms with E-state index in [0.29, 0.717) is 70.2 Å². The summed E-state index contributed by atoms with van der Waals surface area (Å²) in [6.07, 6.45) is -0.0282. The Labute approximate surface area is 316 Å². The smallest absolute Gasteiger partial charge is 0.331 e. The number of aliphatic hydroxyl groups is 1. The number of carbonyl (C=O) groups is 2. The first-order valence-electron chi connectivity index (χ1n) is 18.1. The quantitative estimate of drug-likeness (QED) is 0.226. The van der Waals surface area contributed by atoms with E-state index in [0.717, 1.165) is 16.7 Å². The van der Waals surface area contributed by atoms with Crippen molar-refractivity contribution in [3.63, 3.8) is 0 Å². The first-order chi connectivity index (χ1) is 25.9. The maximum absolute atomic E-state index is 14.7. The van der Waals surface area contributed by atoms with Gasteiger partial charge < -0.3 is 43.7 Å². The Morgan fingerprint density at radius 2 is 1.80 bits per heavy atom. The number of nitrogens with one attached hydrogen (secondary N) is 1. The van der Waals surface area contributed by atoms with E-state index in [9.17, 15) is 24.9 Å². The number of phenols is 2. The molecule has 15 heteroatoms. The summed E-state index contributed by atoms with van der Waals surface area (Å²) in [6.45, 7) is 5.26. The molecule has 0 aliphatic carbocycles. The molecule has 4 bridgehead atoms. The molecule has 10 rings (SSSR count). The summed E-state index contributed by atoms with van der Waals surface area (Å²) in [7, 11) is 4.96. The number of hydrogen-bond donors (Lipinski definition) is 4. The van der Waals surface area contributed by atoms with Crippen LogP contribution in [0.2, 0.25) is 0 Å². The van der Waals surface area contributed by atoms with Crippen molar-refractivity contribution >= 4 is 23.7 Å². The second-order valence-corrected chi connectivity index (χ2v) is 16.1. The molecule has 2 saturated heterocycles. The van der Waals surface area contributed by atoms with Crippen LogP contribution < -0.4 is 29.0 Å². The predicted octanol–water partition coefficient (Wildman–Crippen LogP) is 3.41. The van der Waals surface area contributed by atoms with Crippen LogP contribution in [0, 0.1) is 13.8 Å². The highest BCUT2D eigenvalue weighted by atomic mass is 32.2. The van der Waals surface area contributed by atoms with E-state index < -0.39 is 47.1 Å². The Balaban J connectivity index is 1.32. The number of aryl methyl sites for hydroxylation is 1. The van der Waals surface area contributed by atoms with E-state index in [1.165, 1.54) is 32.9 Å². The first kappa shape index (κ1) is 35.3. The molecule has 3 aromatic rings. The average molecular weight is 762 g/mol. The van der Waals surface area contributed by atoms with Gasteiger partial charge in [0.15, 0.2) is 40.0 Å². The molecule has 0 amide bonds. The molecule has 3 aromatic carbocycles. The van der Waals surface area contributed by atoms with E-state index in [1.807, 2.05) is 31.9 Å². The minimum Gasteiger partial charge on any atom is -0.504 e. The number of aromatic hydroxyl groups is 2. The minimum atomic E-state index is -1.36. The van der Waals surface area contributed by atoms with E-state index in [2.05, 4.69) is 10.2 Å². The first-order valence-corrected chi connectivity index (χ1v) is 19.1. The SMILES string of the molecule is COc1cc2c(cc1O)CCN[C@]21CS[C@H]2c3c(OC(C)=O)c(C)c4c(c3[C@H](COC1=O)N1[C@@H]2[C@@H]2c3c(cc(C)c(OC)c3O)CC([C@@H]1O)N2C)OCO4. The summed E-state index contributed by atoms with van der Waals surface area (Å²) < 4.78 is 35.9. The molecule has 0 radical (unpaired) electrons. The molecule has 1 spiro atoms. The molecule has 4 N–H and O–H groups in total. The monoisotopic (exact) mass is 761 g/mol. The Morgan fingerprint density at radius 1 is 1.02 bits per heavy atom. The summed E-state index contributed by atoms with van der Waals surface area (Å²) in [5.74, 6) is 0.949. The third-order valence-electron chi connectivity index (χ3n) is 12.3. The second-order valence-electron chi connectivity index (χ2n) is 14.9. The molecular formula is C39H43N3O11S. The standard InChI is InChI=1S/C39H43N3O11S/c1-16-9-20-10-22-37(46)42-23-13-50-38(47)39(21-12-25(48-5)24(44)11-19(21)7-8-40-39)14-54-36(30(42)29(41(22)4)26(20)31(45)32(16)49-6)28-27(23)35-34(51-15-52-35)17(2)33(28)53-18(3)43/h9,11-12,22-23,29-30,36-37,40,44-46H,7-8,10,13-15H2,1-6H3/t22?,23-,29-,30+,36-,37-,39+/m0/s1. The van der Waals surface area contributed by atoms with Gasteiger partial charge in [0.25, 0.3) is 0 Å². The van der Waals surface area contributed by atoms with Gasteiger partial charge in [-0.1, -0.05) is 6.07 Å². The maximum atomic E-state index is 14.7. The van der Waals surface area contributed by atoms with Gasteiger partial charge in [-0.3, -0.25) is 19.9 Å². The number of methoxy groups -OCH3 is 2. The fourth-order valence-corrected chi connectivity index (χ4v) is 11.7. The lowest BCUT2D eigenvalue weighted by Gasteiger charge is -2.62. The van der Waals surface area contributed by atoms with E-state index >= 15 is 0 Å². The molecule has 2 fully saturated rings. The molecule has 1 unspecified atom stereocenters. The predicted molar refractivity (Wildman–Crippen MR) is 195 cm³/mol. The summed E-state index contributed by atoms with van der Waals surface area (Å²) in [6, 6.07) is 3.13. The van der Waals surface area contributed by atoms with Crippen molar-refractivity contribution < 1.29 is 53.3 Å². The van der Waals surface area contributed by atoms with Crippen LogP contribution in [-0.2, 0) is 32.7 Å². The van der Waals surface area contributed by atoms with Crippen LogP contribution in [0.3, 0.4) is 0 Å². The number of fused-ring (bicyclic) bond motifs is 9. The molecule has 14 nitrogen and oxygen atoms in total. The van der Waals surface area contributed by atoms with Crippen molar-refractivity contribution in [2.24, 2.45) is 0 Å². The molecule has 7 heterocycles. The van der Waals surface area contributed by atoms with Crippen LogP contribution in [0.5, 0.6) is 40.2 Å². The third kappa shape index (κ3) is 4.74. The Bertz CT molecular complexity index is 2130. The molecule has 0 saturated carbocycles. The average Bonchev–Trinajstić information content (AvgIpc) is 3.63. The number of likely N-dealkylation sites (N-methyl/N-ethyl adjacent to an activating group) is 1. The van der Waals surface area contributed by atoms with Gasteiger partial charge in [-0.25, -0.2) is 4.79 Å². The summed E-state index contributed by atoms with van der Waals surface area (Å²) in [4.78, 5) is 31.7. The molecule has 54 heavy (non-hydrogen) atoms. The number of piperazine rings is 1. The number of aliphatic hydroxyl groups excluding tert-OH is 1. The zero-order chi connectivity index (χ0) is 38.0. The van der Waals surface area contributed by atoms with Crippen LogP contribution >= 0.6 is 11.8 Å². The van der Waals surface area contributed by atoms with Gasteiger partial charge in [-0.2, -0.15) is 0 Å². The lowest BCUT2D eigenvalue weighted by atomic mass is 9.73. The zero-order valence-electron chi connectivity index (χ0n) is 30.8. The summed E-state index contributed by atoms with van der Waals surface area (Å²) >= 11 is 1.47. The van der Waals surface area contributed by atoms with Crippen LogP contribution in [-0.4, -0.2) is 102 Å². The largest absolute Gasteiger partial charge is 0.504 e. The summed E-state index contributed by atoms with van der Waals surface area (Å²) in [5.41, 5.74) is 4.36. The number of thioether (sulfide) groups is 1. The maximum Gasteiger partial charge on any atom is 0.331 e. The molecular weight excluding hydrogens is 719 g/mol. The number of nitrogens with zero attached hydrogens (tertiary/aromatic N) is 2. The zero-order valence-corrected chi connectivity index (χ0v) is 31.7. The van der Waals surface area contributed by atoms with Gasteiger partial charge in [0.2, 0.25) is 6.79 Å². The van der Waals surface area contributed by atoms with Gasteiger partial charge >= 0.3 is 11.9 Å². The number of phenolic OH excluding ortho intramolecular Hbond substituents is 2.